The third kappa shape index (κ3) is 9.20. The molecule has 0 spiro atoms. The molecule has 0 bridgehead atoms. The molecule has 204 valence electrons. The van der Waals surface area contributed by atoms with Gasteiger partial charge in [-0.1, -0.05) is 55.2 Å². The van der Waals surface area contributed by atoms with Crippen LogP contribution in [0.5, 0.6) is 0 Å². The molecule has 7 nitrogen and oxygen atoms in total. The highest BCUT2D eigenvalue weighted by molar-refractivity contribution is 7.92. The number of carbonyl (C=O) groups excluding carboxylic acids is 2. The average molecular weight is 571 g/mol. The molecule has 0 aliphatic carbocycles. The summed E-state index contributed by atoms with van der Waals surface area (Å²) in [5.41, 5.74) is 2.41. The van der Waals surface area contributed by atoms with Crippen LogP contribution in [0.15, 0.2) is 42.5 Å². The van der Waals surface area contributed by atoms with Crippen molar-refractivity contribution in [1.82, 2.24) is 10.2 Å². The highest BCUT2D eigenvalue weighted by atomic mass is 35.5. The molecule has 2 aromatic rings. The van der Waals surface area contributed by atoms with Crippen LogP contribution in [-0.4, -0.2) is 50.0 Å². The van der Waals surface area contributed by atoms with Gasteiger partial charge in [-0.15, -0.1) is 0 Å². The Morgan fingerprint density at radius 3 is 2.11 bits per heavy atom. The summed E-state index contributed by atoms with van der Waals surface area (Å²) in [5.74, 6) is -0.480. The van der Waals surface area contributed by atoms with Gasteiger partial charge in [0.1, 0.15) is 6.04 Å². The second-order valence-corrected chi connectivity index (χ2v) is 12.0. The maximum absolute atomic E-state index is 13.5. The lowest BCUT2D eigenvalue weighted by atomic mass is 10.1. The fraction of sp³-hybridized carbons (Fsp3) is 0.481. The average Bonchev–Trinajstić information content (AvgIpc) is 2.82. The van der Waals surface area contributed by atoms with E-state index in [1.54, 1.807) is 30.3 Å². The fourth-order valence-electron chi connectivity index (χ4n) is 4.04. The molecule has 37 heavy (non-hydrogen) atoms. The summed E-state index contributed by atoms with van der Waals surface area (Å²) in [7, 11) is -3.54. The molecule has 0 saturated carbocycles. The number of rotatable bonds is 13. The van der Waals surface area contributed by atoms with E-state index >= 15 is 0 Å². The first-order valence-electron chi connectivity index (χ1n) is 12.5. The van der Waals surface area contributed by atoms with Gasteiger partial charge >= 0.3 is 0 Å². The Bertz CT molecular complexity index is 1170. The van der Waals surface area contributed by atoms with Crippen molar-refractivity contribution in [2.24, 2.45) is 0 Å². The molecule has 1 atom stereocenters. The summed E-state index contributed by atoms with van der Waals surface area (Å²) in [6, 6.07) is 11.7. The lowest BCUT2D eigenvalue weighted by Gasteiger charge is -2.31. The van der Waals surface area contributed by atoms with Crippen molar-refractivity contribution >= 4 is 50.7 Å². The van der Waals surface area contributed by atoms with E-state index in [0.717, 1.165) is 23.8 Å². The SMILES string of the molecule is CCc1ccc(N(CCCC(=O)N(Cc2ccc(Cl)c(Cl)c2)C(CC)C(=O)NC(C)C)S(C)(=O)=O)cc1. The van der Waals surface area contributed by atoms with Crippen LogP contribution in [0.3, 0.4) is 0 Å². The number of hydrogen-bond acceptors (Lipinski definition) is 4. The van der Waals surface area contributed by atoms with Gasteiger partial charge in [-0.2, -0.15) is 0 Å². The van der Waals surface area contributed by atoms with Gasteiger partial charge in [0.05, 0.1) is 22.0 Å². The van der Waals surface area contributed by atoms with Crippen LogP contribution in [0.1, 0.15) is 58.1 Å². The Morgan fingerprint density at radius 2 is 1.59 bits per heavy atom. The van der Waals surface area contributed by atoms with E-state index in [4.69, 9.17) is 23.2 Å². The molecule has 0 aliphatic heterocycles. The maximum Gasteiger partial charge on any atom is 0.243 e. The number of hydrogen-bond donors (Lipinski definition) is 1. The van der Waals surface area contributed by atoms with E-state index in [1.165, 1.54) is 9.21 Å². The van der Waals surface area contributed by atoms with Crippen LogP contribution >= 0.6 is 23.2 Å². The largest absolute Gasteiger partial charge is 0.352 e. The smallest absolute Gasteiger partial charge is 0.243 e. The Labute approximate surface area is 231 Å². The quantitative estimate of drug-likeness (QED) is 0.348. The van der Waals surface area contributed by atoms with E-state index in [2.05, 4.69) is 5.32 Å². The highest BCUT2D eigenvalue weighted by Crippen LogP contribution is 2.25. The fourth-order valence-corrected chi connectivity index (χ4v) is 5.32. The molecule has 0 aromatic heterocycles. The minimum Gasteiger partial charge on any atom is -0.352 e. The maximum atomic E-state index is 13.5. The molecule has 0 heterocycles. The van der Waals surface area contributed by atoms with E-state index in [1.807, 2.05) is 39.8 Å². The van der Waals surface area contributed by atoms with Crippen molar-refractivity contribution in [3.8, 4) is 0 Å². The minimum absolute atomic E-state index is 0.0752. The number of benzene rings is 2. The van der Waals surface area contributed by atoms with Crippen LogP contribution in [0.2, 0.25) is 10.0 Å². The predicted octanol–water partition coefficient (Wildman–Crippen LogP) is 5.43. The molecule has 0 radical (unpaired) electrons. The Hall–Kier alpha value is -2.29. The van der Waals surface area contributed by atoms with Crippen LogP contribution in [0.25, 0.3) is 0 Å². The molecule has 10 heteroatoms. The molecule has 0 saturated heterocycles. The van der Waals surface area contributed by atoms with Gasteiger partial charge in [-0.25, -0.2) is 8.42 Å². The van der Waals surface area contributed by atoms with Crippen molar-refractivity contribution in [2.75, 3.05) is 17.1 Å². The molecule has 0 aliphatic rings. The van der Waals surface area contributed by atoms with Crippen molar-refractivity contribution in [3.63, 3.8) is 0 Å². The highest BCUT2D eigenvalue weighted by Gasteiger charge is 2.29. The van der Waals surface area contributed by atoms with Gasteiger partial charge in [0.25, 0.3) is 0 Å². The molecule has 2 rings (SSSR count). The molecule has 1 N–H and O–H groups in total. The Kier molecular flexibility index (Phi) is 11.7. The summed E-state index contributed by atoms with van der Waals surface area (Å²) in [6.45, 7) is 7.93. The summed E-state index contributed by atoms with van der Waals surface area (Å²) in [6.07, 6.45) is 2.80. The molecular formula is C27H37Cl2N3O4S. The number of aryl methyl sites for hydroxylation is 1. The summed E-state index contributed by atoms with van der Waals surface area (Å²) >= 11 is 12.2. The lowest BCUT2D eigenvalue weighted by Crippen LogP contribution is -2.50. The zero-order chi connectivity index (χ0) is 27.8. The van der Waals surface area contributed by atoms with Crippen LogP contribution < -0.4 is 9.62 Å². The molecule has 0 fully saturated rings. The number of carbonyl (C=O) groups is 2. The van der Waals surface area contributed by atoms with Gasteiger partial charge in [-0.3, -0.25) is 13.9 Å². The van der Waals surface area contributed by atoms with Crippen LogP contribution in [0.4, 0.5) is 5.69 Å². The predicted molar refractivity (Wildman–Crippen MR) is 152 cm³/mol. The third-order valence-corrected chi connectivity index (χ3v) is 7.87. The lowest BCUT2D eigenvalue weighted by molar-refractivity contribution is -0.141. The van der Waals surface area contributed by atoms with Gasteiger partial charge in [0, 0.05) is 25.6 Å². The number of sulfonamides is 1. The van der Waals surface area contributed by atoms with E-state index < -0.39 is 16.1 Å². The van der Waals surface area contributed by atoms with E-state index in [-0.39, 0.29) is 37.4 Å². The molecule has 1 unspecified atom stereocenters. The van der Waals surface area contributed by atoms with Crippen molar-refractivity contribution in [1.29, 1.82) is 0 Å². The molecular weight excluding hydrogens is 533 g/mol. The minimum atomic E-state index is -3.54. The molecule has 2 amide bonds. The van der Waals surface area contributed by atoms with Gasteiger partial charge < -0.3 is 10.2 Å². The first-order chi connectivity index (χ1) is 17.4. The number of amides is 2. The second kappa shape index (κ2) is 14.0. The standard InChI is InChI=1S/C27H37Cl2N3O4S/c1-6-20-10-13-22(14-11-20)32(37(5,35)36)16-8-9-26(33)31(25(7-2)27(34)30-19(3)4)18-21-12-15-23(28)24(29)17-21/h10-15,17,19,25H,6-9,16,18H2,1-5H3,(H,30,34). The van der Waals surface area contributed by atoms with Crippen LogP contribution in [-0.2, 0) is 32.6 Å². The monoisotopic (exact) mass is 569 g/mol. The van der Waals surface area contributed by atoms with E-state index in [0.29, 0.717) is 28.6 Å². The number of nitrogens with zero attached hydrogens (tertiary/aromatic N) is 2. The normalized spacial score (nSPS) is 12.3. The summed E-state index contributed by atoms with van der Waals surface area (Å²) < 4.78 is 26.3. The van der Waals surface area contributed by atoms with Crippen molar-refractivity contribution in [3.05, 3.63) is 63.6 Å². The van der Waals surface area contributed by atoms with Crippen molar-refractivity contribution in [2.45, 2.75) is 72.0 Å². The van der Waals surface area contributed by atoms with Crippen LogP contribution in [0, 0.1) is 0 Å². The number of anilines is 1. The number of halogens is 2. The first-order valence-corrected chi connectivity index (χ1v) is 15.1. The van der Waals surface area contributed by atoms with Gasteiger partial charge in [0.2, 0.25) is 21.8 Å². The van der Waals surface area contributed by atoms with Gasteiger partial charge in [0.15, 0.2) is 0 Å². The number of nitrogens with one attached hydrogen (secondary N) is 1. The summed E-state index contributed by atoms with van der Waals surface area (Å²) in [5, 5.41) is 3.66. The zero-order valence-corrected chi connectivity index (χ0v) is 24.5. The van der Waals surface area contributed by atoms with E-state index in [9.17, 15) is 18.0 Å². The Balaban J connectivity index is 2.23. The topological polar surface area (TPSA) is 86.8 Å². The zero-order valence-electron chi connectivity index (χ0n) is 22.1. The third-order valence-electron chi connectivity index (χ3n) is 5.94. The van der Waals surface area contributed by atoms with Gasteiger partial charge in [-0.05, 0) is 68.5 Å². The molecule has 2 aromatic carbocycles. The van der Waals surface area contributed by atoms with Crippen molar-refractivity contribution < 1.29 is 18.0 Å². The Morgan fingerprint density at radius 1 is 0.973 bits per heavy atom. The second-order valence-electron chi connectivity index (χ2n) is 9.32. The summed E-state index contributed by atoms with van der Waals surface area (Å²) in [4.78, 5) is 28.0. The first kappa shape index (κ1) is 30.9.